The maximum Gasteiger partial charge on any atom is 0.326 e. The summed E-state index contributed by atoms with van der Waals surface area (Å²) in [5.74, 6) is -1.33. The molecule has 0 bridgehead atoms. The molecule has 21 heavy (non-hydrogen) atoms. The molecule has 2 rings (SSSR count). The molecular formula is C17H19NO3. The molecule has 0 aliphatic carbocycles. The molecule has 2 N–H and O–H groups in total. The highest BCUT2D eigenvalue weighted by molar-refractivity contribution is 6.00. The molecular weight excluding hydrogens is 266 g/mol. The number of rotatable bonds is 6. The number of carbonyl (C=O) groups is 2. The van der Waals surface area contributed by atoms with Gasteiger partial charge in [-0.1, -0.05) is 50.1 Å². The summed E-state index contributed by atoms with van der Waals surface area (Å²) >= 11 is 0. The quantitative estimate of drug-likeness (QED) is 0.856. The lowest BCUT2D eigenvalue weighted by Gasteiger charge is -2.14. The van der Waals surface area contributed by atoms with Crippen molar-refractivity contribution in [2.75, 3.05) is 0 Å². The monoisotopic (exact) mass is 285 g/mol. The minimum atomic E-state index is -0.988. The number of nitrogens with one attached hydrogen (secondary N) is 1. The van der Waals surface area contributed by atoms with Crippen LogP contribution in [0.5, 0.6) is 0 Å². The zero-order valence-corrected chi connectivity index (χ0v) is 12.0. The minimum absolute atomic E-state index is 0.343. The normalized spacial score (nSPS) is 12.0. The van der Waals surface area contributed by atoms with Gasteiger partial charge in [0.2, 0.25) is 0 Å². The number of benzene rings is 2. The van der Waals surface area contributed by atoms with E-state index < -0.39 is 12.0 Å². The van der Waals surface area contributed by atoms with Crippen LogP contribution in [0, 0.1) is 0 Å². The lowest BCUT2D eigenvalue weighted by Crippen LogP contribution is -2.40. The molecule has 1 atom stereocenters. The summed E-state index contributed by atoms with van der Waals surface area (Å²) in [5, 5.41) is 13.8. The fourth-order valence-corrected chi connectivity index (χ4v) is 2.24. The topological polar surface area (TPSA) is 66.4 Å². The molecule has 4 heteroatoms. The van der Waals surface area contributed by atoms with Gasteiger partial charge in [-0.2, -0.15) is 0 Å². The number of amides is 1. The number of carboxylic acid groups (broad SMARTS) is 1. The number of hydrogen-bond acceptors (Lipinski definition) is 2. The predicted octanol–water partition coefficient (Wildman–Crippen LogP) is 3.21. The van der Waals surface area contributed by atoms with Crippen LogP contribution in [0.25, 0.3) is 10.8 Å². The van der Waals surface area contributed by atoms with E-state index in [1.54, 1.807) is 12.1 Å². The number of hydrogen-bond donors (Lipinski definition) is 2. The van der Waals surface area contributed by atoms with Crippen LogP contribution >= 0.6 is 0 Å². The van der Waals surface area contributed by atoms with Gasteiger partial charge in [-0.05, 0) is 29.3 Å². The van der Waals surface area contributed by atoms with E-state index in [-0.39, 0.29) is 5.91 Å². The standard InChI is InChI=1S/C17H19NO3/c1-2-3-8-15(17(20)21)18-16(19)14-10-9-12-6-4-5-7-13(12)11-14/h4-7,9-11,15H,2-3,8H2,1H3,(H,18,19)(H,20,21)/t15-/m0/s1. The molecule has 2 aromatic rings. The molecule has 0 radical (unpaired) electrons. The van der Waals surface area contributed by atoms with E-state index in [0.29, 0.717) is 12.0 Å². The highest BCUT2D eigenvalue weighted by Gasteiger charge is 2.19. The van der Waals surface area contributed by atoms with Gasteiger partial charge in [0.05, 0.1) is 0 Å². The molecule has 0 unspecified atom stereocenters. The van der Waals surface area contributed by atoms with Crippen LogP contribution in [0.4, 0.5) is 0 Å². The molecule has 0 saturated carbocycles. The Bertz CT molecular complexity index is 651. The predicted molar refractivity (Wildman–Crippen MR) is 82.4 cm³/mol. The molecule has 110 valence electrons. The third-order valence-corrected chi connectivity index (χ3v) is 3.46. The van der Waals surface area contributed by atoms with E-state index in [1.165, 1.54) is 0 Å². The molecule has 0 aromatic heterocycles. The van der Waals surface area contributed by atoms with Crippen LogP contribution in [0.3, 0.4) is 0 Å². The van der Waals surface area contributed by atoms with Crippen molar-refractivity contribution < 1.29 is 14.7 Å². The largest absolute Gasteiger partial charge is 0.480 e. The summed E-state index contributed by atoms with van der Waals surface area (Å²) in [6, 6.07) is 12.3. The first-order chi connectivity index (χ1) is 10.1. The van der Waals surface area contributed by atoms with Crippen LogP contribution in [0.1, 0.15) is 36.5 Å². The maximum atomic E-state index is 12.2. The lowest BCUT2D eigenvalue weighted by molar-refractivity contribution is -0.139. The second-order valence-corrected chi connectivity index (χ2v) is 5.07. The molecule has 0 aliphatic rings. The van der Waals surface area contributed by atoms with Crippen molar-refractivity contribution in [2.45, 2.75) is 32.2 Å². The van der Waals surface area contributed by atoms with E-state index in [1.807, 2.05) is 37.3 Å². The van der Waals surface area contributed by atoms with Gasteiger partial charge in [-0.15, -0.1) is 0 Å². The molecule has 2 aromatic carbocycles. The highest BCUT2D eigenvalue weighted by atomic mass is 16.4. The van der Waals surface area contributed by atoms with Crippen molar-refractivity contribution in [3.05, 3.63) is 48.0 Å². The highest BCUT2D eigenvalue weighted by Crippen LogP contribution is 2.16. The van der Waals surface area contributed by atoms with E-state index in [0.717, 1.165) is 23.6 Å². The van der Waals surface area contributed by atoms with Crippen molar-refractivity contribution in [2.24, 2.45) is 0 Å². The average molecular weight is 285 g/mol. The Kier molecular flexibility index (Phi) is 4.93. The summed E-state index contributed by atoms with van der Waals surface area (Å²) in [6.45, 7) is 1.99. The SMILES string of the molecule is CCCC[C@H](NC(=O)c1ccc2ccccc2c1)C(=O)O. The summed E-state index contributed by atoms with van der Waals surface area (Å²) in [5.41, 5.74) is 0.483. The van der Waals surface area contributed by atoms with Crippen LogP contribution < -0.4 is 5.32 Å². The van der Waals surface area contributed by atoms with Crippen molar-refractivity contribution in [3.63, 3.8) is 0 Å². The number of carbonyl (C=O) groups excluding carboxylic acids is 1. The summed E-state index contributed by atoms with van der Waals surface area (Å²) in [7, 11) is 0. The van der Waals surface area contributed by atoms with Gasteiger partial charge in [-0.25, -0.2) is 4.79 Å². The molecule has 0 aliphatic heterocycles. The first-order valence-corrected chi connectivity index (χ1v) is 7.14. The van der Waals surface area contributed by atoms with Gasteiger partial charge in [0.15, 0.2) is 0 Å². The number of carboxylic acids is 1. The first-order valence-electron chi connectivity index (χ1n) is 7.14. The third-order valence-electron chi connectivity index (χ3n) is 3.46. The zero-order valence-electron chi connectivity index (χ0n) is 12.0. The molecule has 0 fully saturated rings. The minimum Gasteiger partial charge on any atom is -0.480 e. The van der Waals surface area contributed by atoms with E-state index in [4.69, 9.17) is 5.11 Å². The number of unbranched alkanes of at least 4 members (excludes halogenated alkanes) is 1. The van der Waals surface area contributed by atoms with E-state index in [2.05, 4.69) is 5.32 Å². The molecule has 0 spiro atoms. The summed E-state index contributed by atoms with van der Waals surface area (Å²) in [4.78, 5) is 23.4. The zero-order chi connectivity index (χ0) is 15.2. The van der Waals surface area contributed by atoms with Gasteiger partial charge in [0.1, 0.15) is 6.04 Å². The molecule has 4 nitrogen and oxygen atoms in total. The Morgan fingerprint density at radius 2 is 1.86 bits per heavy atom. The first kappa shape index (κ1) is 15.0. The third kappa shape index (κ3) is 3.81. The molecule has 0 heterocycles. The fraction of sp³-hybridized carbons (Fsp3) is 0.294. The van der Waals surface area contributed by atoms with Gasteiger partial charge in [0, 0.05) is 5.56 Å². The summed E-state index contributed by atoms with van der Waals surface area (Å²) < 4.78 is 0. The van der Waals surface area contributed by atoms with Crippen molar-refractivity contribution in [3.8, 4) is 0 Å². The molecule has 0 saturated heterocycles. The number of fused-ring (bicyclic) bond motifs is 1. The Balaban J connectivity index is 2.15. The van der Waals surface area contributed by atoms with E-state index >= 15 is 0 Å². The maximum absolute atomic E-state index is 12.2. The summed E-state index contributed by atoms with van der Waals surface area (Å²) in [6.07, 6.45) is 2.12. The van der Waals surface area contributed by atoms with Crippen LogP contribution in [-0.2, 0) is 4.79 Å². The fourth-order valence-electron chi connectivity index (χ4n) is 2.24. The Hall–Kier alpha value is -2.36. The van der Waals surface area contributed by atoms with Crippen molar-refractivity contribution in [1.82, 2.24) is 5.32 Å². The van der Waals surface area contributed by atoms with Crippen LogP contribution in [0.2, 0.25) is 0 Å². The van der Waals surface area contributed by atoms with Crippen LogP contribution in [-0.4, -0.2) is 23.0 Å². The smallest absolute Gasteiger partial charge is 0.326 e. The van der Waals surface area contributed by atoms with Crippen molar-refractivity contribution in [1.29, 1.82) is 0 Å². The van der Waals surface area contributed by atoms with Gasteiger partial charge in [0.25, 0.3) is 5.91 Å². The van der Waals surface area contributed by atoms with Crippen LogP contribution in [0.15, 0.2) is 42.5 Å². The second kappa shape index (κ2) is 6.88. The number of aliphatic carboxylic acids is 1. The Morgan fingerprint density at radius 1 is 1.14 bits per heavy atom. The van der Waals surface area contributed by atoms with Crippen molar-refractivity contribution >= 4 is 22.6 Å². The van der Waals surface area contributed by atoms with Gasteiger partial charge >= 0.3 is 5.97 Å². The average Bonchev–Trinajstić information content (AvgIpc) is 2.50. The lowest BCUT2D eigenvalue weighted by atomic mass is 10.1. The van der Waals surface area contributed by atoms with Gasteiger partial charge < -0.3 is 10.4 Å². The van der Waals surface area contributed by atoms with E-state index in [9.17, 15) is 9.59 Å². The second-order valence-electron chi connectivity index (χ2n) is 5.07. The Labute approximate surface area is 123 Å². The molecule has 1 amide bonds. The Morgan fingerprint density at radius 3 is 2.52 bits per heavy atom. The van der Waals surface area contributed by atoms with Gasteiger partial charge in [-0.3, -0.25) is 4.79 Å².